The molecular formula is C25H31N5O. The molecule has 0 aliphatic carbocycles. The van der Waals surface area contributed by atoms with Crippen LogP contribution in [-0.4, -0.2) is 53.3 Å². The van der Waals surface area contributed by atoms with Crippen LogP contribution in [0.5, 0.6) is 0 Å². The first-order chi connectivity index (χ1) is 15.1. The number of aromatic nitrogens is 2. The first-order valence-electron chi connectivity index (χ1n) is 11.1. The van der Waals surface area contributed by atoms with Crippen LogP contribution in [0.25, 0.3) is 5.69 Å². The van der Waals surface area contributed by atoms with E-state index in [0.29, 0.717) is 12.8 Å². The maximum atomic E-state index is 12.5. The van der Waals surface area contributed by atoms with E-state index in [0.717, 1.165) is 55.2 Å². The van der Waals surface area contributed by atoms with E-state index < -0.39 is 0 Å². The van der Waals surface area contributed by atoms with E-state index in [1.807, 2.05) is 53.5 Å². The Balaban J connectivity index is 1.30. The van der Waals surface area contributed by atoms with Crippen LogP contribution >= 0.6 is 0 Å². The number of nitrogens with one attached hydrogen (secondary N) is 1. The van der Waals surface area contributed by atoms with Gasteiger partial charge in [-0.2, -0.15) is 5.10 Å². The fraction of sp³-hybridized carbons (Fsp3) is 0.360. The number of rotatable bonds is 7. The van der Waals surface area contributed by atoms with Crippen molar-refractivity contribution >= 4 is 17.3 Å². The topological polar surface area (TPSA) is 53.4 Å². The molecule has 0 bridgehead atoms. The molecule has 1 saturated heterocycles. The minimum atomic E-state index is 0.0277. The van der Waals surface area contributed by atoms with Gasteiger partial charge in [0, 0.05) is 50.2 Å². The maximum absolute atomic E-state index is 12.5. The van der Waals surface area contributed by atoms with Crippen LogP contribution in [0.2, 0.25) is 0 Å². The molecule has 162 valence electrons. The van der Waals surface area contributed by atoms with Crippen LogP contribution in [0.1, 0.15) is 24.5 Å². The van der Waals surface area contributed by atoms with E-state index in [-0.39, 0.29) is 5.91 Å². The lowest BCUT2D eigenvalue weighted by atomic mass is 10.1. The lowest BCUT2D eigenvalue weighted by Gasteiger charge is -2.35. The predicted molar refractivity (Wildman–Crippen MR) is 126 cm³/mol. The van der Waals surface area contributed by atoms with Gasteiger partial charge in [-0.3, -0.25) is 4.79 Å². The van der Waals surface area contributed by atoms with Gasteiger partial charge in [-0.1, -0.05) is 25.1 Å². The van der Waals surface area contributed by atoms with Gasteiger partial charge in [-0.05, 0) is 61.3 Å². The minimum absolute atomic E-state index is 0.0277. The Morgan fingerprint density at radius 2 is 1.81 bits per heavy atom. The molecule has 2 heterocycles. The molecule has 0 saturated carbocycles. The van der Waals surface area contributed by atoms with Crippen molar-refractivity contribution in [2.24, 2.45) is 0 Å². The number of aryl methyl sites for hydroxylation is 2. The summed E-state index contributed by atoms with van der Waals surface area (Å²) in [7, 11) is 0. The highest BCUT2D eigenvalue weighted by Crippen LogP contribution is 2.24. The van der Waals surface area contributed by atoms with E-state index >= 15 is 0 Å². The first kappa shape index (κ1) is 21.1. The molecule has 0 unspecified atom stereocenters. The number of nitrogens with zero attached hydrogens (tertiary/aromatic N) is 4. The van der Waals surface area contributed by atoms with Crippen molar-refractivity contribution < 1.29 is 4.79 Å². The molecule has 1 N–H and O–H groups in total. The van der Waals surface area contributed by atoms with E-state index in [2.05, 4.69) is 46.2 Å². The molecule has 1 fully saturated rings. The number of hydrogen-bond acceptors (Lipinski definition) is 4. The van der Waals surface area contributed by atoms with E-state index in [1.54, 1.807) is 0 Å². The number of amides is 1. The summed E-state index contributed by atoms with van der Waals surface area (Å²) in [4.78, 5) is 17.4. The Bertz CT molecular complexity index is 1010. The van der Waals surface area contributed by atoms with Gasteiger partial charge in [0.15, 0.2) is 0 Å². The number of likely N-dealkylation sites (N-methyl/N-ethyl adjacent to an activating group) is 1. The molecule has 1 amide bonds. The number of piperazine rings is 1. The van der Waals surface area contributed by atoms with Gasteiger partial charge in [0.25, 0.3) is 0 Å². The summed E-state index contributed by atoms with van der Waals surface area (Å²) in [5, 5.41) is 7.48. The van der Waals surface area contributed by atoms with Crippen molar-refractivity contribution in [2.45, 2.75) is 26.7 Å². The number of carbonyl (C=O) groups is 1. The summed E-state index contributed by atoms with van der Waals surface area (Å²) in [5.74, 6) is 0.0277. The molecule has 31 heavy (non-hydrogen) atoms. The second-order valence-corrected chi connectivity index (χ2v) is 8.10. The molecule has 1 aliphatic rings. The molecule has 0 radical (unpaired) electrons. The zero-order valence-electron chi connectivity index (χ0n) is 18.4. The second kappa shape index (κ2) is 9.79. The highest BCUT2D eigenvalue weighted by molar-refractivity contribution is 5.91. The van der Waals surface area contributed by atoms with Gasteiger partial charge < -0.3 is 15.1 Å². The van der Waals surface area contributed by atoms with E-state index in [1.165, 1.54) is 5.69 Å². The Morgan fingerprint density at radius 3 is 2.52 bits per heavy atom. The average Bonchev–Trinajstić information content (AvgIpc) is 3.29. The molecule has 0 spiro atoms. The standard InChI is InChI=1S/C25H31N5O/c1-3-28-13-15-29(16-14-28)23-10-11-24(20(2)17-23)27-25(31)12-9-21-18-26-30(19-21)22-7-5-4-6-8-22/h4-8,10-11,17-19H,3,9,12-16H2,1-2H3,(H,27,31). The molecule has 2 aromatic carbocycles. The van der Waals surface area contributed by atoms with Crippen LogP contribution in [0.3, 0.4) is 0 Å². The summed E-state index contributed by atoms with van der Waals surface area (Å²) < 4.78 is 1.84. The van der Waals surface area contributed by atoms with Crippen molar-refractivity contribution in [3.8, 4) is 5.69 Å². The highest BCUT2D eigenvalue weighted by Gasteiger charge is 2.16. The fourth-order valence-corrected chi connectivity index (χ4v) is 3.99. The quantitative estimate of drug-likeness (QED) is 0.634. The van der Waals surface area contributed by atoms with Gasteiger partial charge in [0.2, 0.25) is 5.91 Å². The smallest absolute Gasteiger partial charge is 0.224 e. The molecule has 1 aliphatic heterocycles. The molecule has 6 nitrogen and oxygen atoms in total. The summed E-state index contributed by atoms with van der Waals surface area (Å²) in [5.41, 5.74) is 5.29. The van der Waals surface area contributed by atoms with Gasteiger partial charge in [-0.25, -0.2) is 4.68 Å². The predicted octanol–water partition coefficient (Wildman–Crippen LogP) is 3.89. The first-order valence-corrected chi connectivity index (χ1v) is 11.1. The van der Waals surface area contributed by atoms with Gasteiger partial charge in [-0.15, -0.1) is 0 Å². The Labute approximate surface area is 184 Å². The van der Waals surface area contributed by atoms with Crippen molar-refractivity contribution in [1.82, 2.24) is 14.7 Å². The number of benzene rings is 2. The van der Waals surface area contributed by atoms with Crippen molar-refractivity contribution in [3.63, 3.8) is 0 Å². The monoisotopic (exact) mass is 417 g/mol. The van der Waals surface area contributed by atoms with Gasteiger partial charge >= 0.3 is 0 Å². The van der Waals surface area contributed by atoms with Crippen LogP contribution in [0, 0.1) is 6.92 Å². The van der Waals surface area contributed by atoms with E-state index in [9.17, 15) is 4.79 Å². The van der Waals surface area contributed by atoms with Crippen molar-refractivity contribution in [3.05, 3.63) is 72.1 Å². The minimum Gasteiger partial charge on any atom is -0.369 e. The number of anilines is 2. The Morgan fingerprint density at radius 1 is 1.03 bits per heavy atom. The summed E-state index contributed by atoms with van der Waals surface area (Å²) in [6.07, 6.45) is 4.91. The third-order valence-corrected chi connectivity index (χ3v) is 5.97. The maximum Gasteiger partial charge on any atom is 0.224 e. The Hall–Kier alpha value is -3.12. The largest absolute Gasteiger partial charge is 0.369 e. The molecular weight excluding hydrogens is 386 g/mol. The second-order valence-electron chi connectivity index (χ2n) is 8.10. The molecule has 6 heteroatoms. The fourth-order valence-electron chi connectivity index (χ4n) is 3.99. The number of para-hydroxylation sites is 1. The van der Waals surface area contributed by atoms with Crippen LogP contribution in [0.4, 0.5) is 11.4 Å². The zero-order chi connectivity index (χ0) is 21.6. The third-order valence-electron chi connectivity index (χ3n) is 5.97. The van der Waals surface area contributed by atoms with Crippen LogP contribution in [-0.2, 0) is 11.2 Å². The van der Waals surface area contributed by atoms with Crippen LogP contribution in [0.15, 0.2) is 60.9 Å². The number of carbonyl (C=O) groups excluding carboxylic acids is 1. The van der Waals surface area contributed by atoms with E-state index in [4.69, 9.17) is 0 Å². The van der Waals surface area contributed by atoms with Crippen molar-refractivity contribution in [2.75, 3.05) is 42.9 Å². The molecule has 1 aromatic heterocycles. The molecule has 0 atom stereocenters. The van der Waals surface area contributed by atoms with Gasteiger partial charge in [0.1, 0.15) is 0 Å². The zero-order valence-corrected chi connectivity index (χ0v) is 18.4. The summed E-state index contributed by atoms with van der Waals surface area (Å²) >= 11 is 0. The Kier molecular flexibility index (Phi) is 6.67. The van der Waals surface area contributed by atoms with Crippen LogP contribution < -0.4 is 10.2 Å². The lowest BCUT2D eigenvalue weighted by Crippen LogP contribution is -2.46. The lowest BCUT2D eigenvalue weighted by molar-refractivity contribution is -0.116. The summed E-state index contributed by atoms with van der Waals surface area (Å²) in [6.45, 7) is 9.71. The summed E-state index contributed by atoms with van der Waals surface area (Å²) in [6, 6.07) is 16.3. The highest BCUT2D eigenvalue weighted by atomic mass is 16.1. The van der Waals surface area contributed by atoms with Gasteiger partial charge in [0.05, 0.1) is 11.9 Å². The molecule has 4 rings (SSSR count). The third kappa shape index (κ3) is 5.33. The average molecular weight is 418 g/mol. The van der Waals surface area contributed by atoms with Crippen molar-refractivity contribution in [1.29, 1.82) is 0 Å². The normalized spacial score (nSPS) is 14.6. The SMILES string of the molecule is CCN1CCN(c2ccc(NC(=O)CCc3cnn(-c4ccccc4)c3)c(C)c2)CC1. The number of hydrogen-bond donors (Lipinski definition) is 1. The molecule has 3 aromatic rings.